The molecule has 0 aliphatic rings. The van der Waals surface area contributed by atoms with Crippen LogP contribution in [0.25, 0.3) is 0 Å². The summed E-state index contributed by atoms with van der Waals surface area (Å²) in [6, 6.07) is 14.7. The SMILES string of the molecule is O=C(CCCN(CC(=O)Oc1c(Br)cc(Br)cc1C(=O)O)c1ccccc1)Oc1c(Br)cc(Br)cc1C(=O)O. The van der Waals surface area contributed by atoms with E-state index >= 15 is 0 Å². The van der Waals surface area contributed by atoms with Crippen LogP contribution in [0.3, 0.4) is 0 Å². The highest BCUT2D eigenvalue weighted by molar-refractivity contribution is 9.11. The summed E-state index contributed by atoms with van der Waals surface area (Å²) >= 11 is 12.9. The number of benzene rings is 3. The van der Waals surface area contributed by atoms with E-state index in [0.29, 0.717) is 19.1 Å². The van der Waals surface area contributed by atoms with Crippen LogP contribution < -0.4 is 14.4 Å². The summed E-state index contributed by atoms with van der Waals surface area (Å²) in [4.78, 5) is 50.3. The summed E-state index contributed by atoms with van der Waals surface area (Å²) in [7, 11) is 0. The molecule has 0 spiro atoms. The Hall–Kier alpha value is -2.74. The van der Waals surface area contributed by atoms with Crippen LogP contribution in [0.2, 0.25) is 0 Å². The van der Waals surface area contributed by atoms with Crippen LogP contribution in [0.15, 0.2) is 72.5 Å². The number of halogens is 4. The third-order valence-electron chi connectivity index (χ3n) is 5.16. The Morgan fingerprint density at radius 2 is 1.21 bits per heavy atom. The topological polar surface area (TPSA) is 130 Å². The Morgan fingerprint density at radius 1 is 0.718 bits per heavy atom. The first-order chi connectivity index (χ1) is 18.5. The third kappa shape index (κ3) is 8.62. The largest absolute Gasteiger partial charge is 0.478 e. The molecule has 13 heteroatoms. The van der Waals surface area contributed by atoms with Gasteiger partial charge in [0.05, 0.1) is 8.95 Å². The highest BCUT2D eigenvalue weighted by Gasteiger charge is 2.22. The molecule has 0 amide bonds. The molecule has 0 saturated heterocycles. The maximum absolute atomic E-state index is 12.9. The molecule has 3 aromatic carbocycles. The second kappa shape index (κ2) is 14.1. The summed E-state index contributed by atoms with van der Waals surface area (Å²) in [5, 5.41) is 19.0. The number of carboxylic acid groups (broad SMARTS) is 2. The summed E-state index contributed by atoms with van der Waals surface area (Å²) < 4.78 is 12.3. The zero-order valence-electron chi connectivity index (χ0n) is 19.8. The molecule has 3 aromatic rings. The fourth-order valence-electron chi connectivity index (χ4n) is 3.47. The van der Waals surface area contributed by atoms with Gasteiger partial charge in [0.1, 0.15) is 17.7 Å². The monoisotopic (exact) mass is 789 g/mol. The minimum Gasteiger partial charge on any atom is -0.478 e. The van der Waals surface area contributed by atoms with Gasteiger partial charge in [-0.25, -0.2) is 14.4 Å². The number of rotatable bonds is 11. The fraction of sp³-hybridized carbons (Fsp3) is 0.154. The molecule has 0 atom stereocenters. The van der Waals surface area contributed by atoms with Crippen molar-refractivity contribution in [1.82, 2.24) is 0 Å². The smallest absolute Gasteiger partial charge is 0.339 e. The Balaban J connectivity index is 1.70. The highest BCUT2D eigenvalue weighted by atomic mass is 79.9. The number of para-hydroxylation sites is 1. The molecule has 204 valence electrons. The second-order valence-electron chi connectivity index (χ2n) is 7.95. The molecule has 0 bridgehead atoms. The number of aromatic carboxylic acids is 2. The minimum absolute atomic E-state index is 0.0681. The van der Waals surface area contributed by atoms with Crippen LogP contribution >= 0.6 is 63.7 Å². The van der Waals surface area contributed by atoms with Gasteiger partial charge in [0.25, 0.3) is 0 Å². The number of carbonyl (C=O) groups is 4. The number of hydrogen-bond acceptors (Lipinski definition) is 7. The number of ether oxygens (including phenoxy) is 2. The lowest BCUT2D eigenvalue weighted by Crippen LogP contribution is -2.33. The molecule has 0 unspecified atom stereocenters. The molecular weight excluding hydrogens is 774 g/mol. The average molecular weight is 793 g/mol. The van der Waals surface area contributed by atoms with Crippen LogP contribution in [-0.2, 0) is 9.59 Å². The summed E-state index contributed by atoms with van der Waals surface area (Å²) in [6.07, 6.45) is 0.196. The maximum Gasteiger partial charge on any atom is 0.339 e. The fourth-order valence-corrected chi connectivity index (χ4v) is 6.08. The predicted octanol–water partition coefficient (Wildman–Crippen LogP) is 6.93. The molecule has 0 fully saturated rings. The summed E-state index contributed by atoms with van der Waals surface area (Å²) in [5.41, 5.74) is 0.302. The first-order valence-electron chi connectivity index (χ1n) is 11.1. The van der Waals surface area contributed by atoms with Gasteiger partial charge in [-0.15, -0.1) is 0 Å². The van der Waals surface area contributed by atoms with Crippen molar-refractivity contribution < 1.29 is 38.9 Å². The zero-order valence-corrected chi connectivity index (χ0v) is 26.2. The van der Waals surface area contributed by atoms with E-state index in [2.05, 4.69) is 63.7 Å². The Morgan fingerprint density at radius 3 is 1.69 bits per heavy atom. The molecule has 0 aromatic heterocycles. The maximum atomic E-state index is 12.9. The lowest BCUT2D eigenvalue weighted by Gasteiger charge is -2.24. The molecule has 39 heavy (non-hydrogen) atoms. The van der Waals surface area contributed by atoms with Crippen molar-refractivity contribution in [2.24, 2.45) is 0 Å². The van der Waals surface area contributed by atoms with E-state index in [1.165, 1.54) is 12.1 Å². The lowest BCUT2D eigenvalue weighted by molar-refractivity contribution is -0.134. The van der Waals surface area contributed by atoms with Gasteiger partial charge in [-0.1, -0.05) is 50.1 Å². The highest BCUT2D eigenvalue weighted by Crippen LogP contribution is 2.34. The van der Waals surface area contributed by atoms with Crippen molar-refractivity contribution >= 4 is 93.3 Å². The number of carbonyl (C=O) groups excluding carboxylic acids is 2. The van der Waals surface area contributed by atoms with Crippen LogP contribution in [-0.4, -0.2) is 47.2 Å². The van der Waals surface area contributed by atoms with Gasteiger partial charge in [-0.3, -0.25) is 4.79 Å². The van der Waals surface area contributed by atoms with Gasteiger partial charge in [-0.05, 0) is 74.7 Å². The lowest BCUT2D eigenvalue weighted by atomic mass is 10.2. The molecule has 3 rings (SSSR count). The van der Waals surface area contributed by atoms with Gasteiger partial charge < -0.3 is 24.6 Å². The first kappa shape index (κ1) is 30.8. The van der Waals surface area contributed by atoms with Crippen LogP contribution in [0.5, 0.6) is 11.5 Å². The van der Waals surface area contributed by atoms with Crippen LogP contribution in [0, 0.1) is 0 Å². The van der Waals surface area contributed by atoms with E-state index in [1.807, 2.05) is 6.07 Å². The van der Waals surface area contributed by atoms with Crippen molar-refractivity contribution in [3.05, 3.63) is 83.6 Å². The normalized spacial score (nSPS) is 10.6. The van der Waals surface area contributed by atoms with Crippen molar-refractivity contribution in [1.29, 1.82) is 0 Å². The van der Waals surface area contributed by atoms with E-state index in [-0.39, 0.29) is 53.0 Å². The molecule has 0 aliphatic heterocycles. The molecule has 2 N–H and O–H groups in total. The standard InChI is InChI=1S/C26H19Br4NO8/c27-14-9-17(25(34)35)23(19(29)11-14)38-21(32)7-4-8-31(16-5-2-1-3-6-16)13-22(33)39-24-18(26(36)37)10-15(28)12-20(24)30/h1-3,5-6,9-12H,4,7-8,13H2,(H,34,35)(H,36,37). The van der Waals surface area contributed by atoms with Crippen molar-refractivity contribution in [3.63, 3.8) is 0 Å². The van der Waals surface area contributed by atoms with E-state index in [1.54, 1.807) is 41.3 Å². The number of hydrogen-bond donors (Lipinski definition) is 2. The summed E-state index contributed by atoms with van der Waals surface area (Å²) in [6.45, 7) is 0.0108. The summed E-state index contributed by atoms with van der Waals surface area (Å²) in [5.74, 6) is -4.10. The van der Waals surface area contributed by atoms with Crippen LogP contribution in [0.4, 0.5) is 5.69 Å². The van der Waals surface area contributed by atoms with Gasteiger partial charge in [0.15, 0.2) is 11.5 Å². The number of nitrogens with zero attached hydrogens (tertiary/aromatic N) is 1. The first-order valence-corrected chi connectivity index (χ1v) is 14.3. The van der Waals surface area contributed by atoms with Gasteiger partial charge in [0.2, 0.25) is 0 Å². The molecule has 0 saturated carbocycles. The van der Waals surface area contributed by atoms with Gasteiger partial charge in [-0.2, -0.15) is 0 Å². The Labute approximate surface area is 256 Å². The van der Waals surface area contributed by atoms with Crippen LogP contribution in [0.1, 0.15) is 33.6 Å². The molecule has 0 heterocycles. The van der Waals surface area contributed by atoms with Crippen molar-refractivity contribution in [3.8, 4) is 11.5 Å². The predicted molar refractivity (Wildman–Crippen MR) is 157 cm³/mol. The zero-order chi connectivity index (χ0) is 28.7. The second-order valence-corrected chi connectivity index (χ2v) is 11.5. The molecule has 9 nitrogen and oxygen atoms in total. The van der Waals surface area contributed by atoms with Crippen molar-refractivity contribution in [2.45, 2.75) is 12.8 Å². The quantitative estimate of drug-likeness (QED) is 0.157. The molecular formula is C26H19Br4NO8. The molecule has 0 radical (unpaired) electrons. The average Bonchev–Trinajstić information content (AvgIpc) is 2.86. The Kier molecular flexibility index (Phi) is 11.1. The van der Waals surface area contributed by atoms with E-state index in [0.717, 1.165) is 0 Å². The van der Waals surface area contributed by atoms with Crippen molar-refractivity contribution in [2.75, 3.05) is 18.0 Å². The number of anilines is 1. The van der Waals surface area contributed by atoms with Gasteiger partial charge >= 0.3 is 23.9 Å². The number of esters is 2. The van der Waals surface area contributed by atoms with E-state index in [4.69, 9.17) is 9.47 Å². The third-order valence-corrected chi connectivity index (χ3v) is 7.25. The van der Waals surface area contributed by atoms with Gasteiger partial charge in [0, 0.05) is 27.6 Å². The van der Waals surface area contributed by atoms with E-state index in [9.17, 15) is 29.4 Å². The number of carboxylic acids is 2. The van der Waals surface area contributed by atoms with E-state index < -0.39 is 23.9 Å². The Bertz CT molecular complexity index is 1410. The minimum atomic E-state index is -1.26. The molecule has 0 aliphatic carbocycles.